The Bertz CT molecular complexity index is 908. The number of halogens is 1. The van der Waals surface area contributed by atoms with Gasteiger partial charge in [0.2, 0.25) is 0 Å². The number of ether oxygens (including phenoxy) is 3. The monoisotopic (exact) mass is 449 g/mol. The summed E-state index contributed by atoms with van der Waals surface area (Å²) in [6.07, 6.45) is -1.62. The molecule has 1 heterocycles. The number of hydrogen-bond acceptors (Lipinski definition) is 6. The molecular formula is C22H24ClNO7. The maximum atomic E-state index is 11.7. The van der Waals surface area contributed by atoms with Crippen molar-refractivity contribution in [2.75, 3.05) is 26.8 Å². The molecule has 1 aliphatic heterocycles. The van der Waals surface area contributed by atoms with Crippen molar-refractivity contribution in [1.29, 1.82) is 0 Å². The minimum absolute atomic E-state index is 0.194. The van der Waals surface area contributed by atoms with Crippen LogP contribution in [0.15, 0.2) is 48.5 Å². The second-order valence-corrected chi connectivity index (χ2v) is 7.54. The van der Waals surface area contributed by atoms with Crippen molar-refractivity contribution in [2.45, 2.75) is 24.7 Å². The predicted octanol–water partition coefficient (Wildman–Crippen LogP) is 3.10. The number of methoxy groups -OCH3 is 1. The van der Waals surface area contributed by atoms with Crippen molar-refractivity contribution >= 4 is 23.5 Å². The number of nitrogens with zero attached hydrogens (tertiary/aromatic N) is 1. The van der Waals surface area contributed by atoms with E-state index >= 15 is 0 Å². The van der Waals surface area contributed by atoms with E-state index in [1.807, 2.05) is 30.3 Å². The summed E-state index contributed by atoms with van der Waals surface area (Å²) in [5, 5.41) is 19.2. The third-order valence-electron chi connectivity index (χ3n) is 5.06. The fourth-order valence-electron chi connectivity index (χ4n) is 3.58. The first kappa shape index (κ1) is 22.9. The van der Waals surface area contributed by atoms with Crippen LogP contribution in [0, 0.1) is 0 Å². The molecule has 1 saturated heterocycles. The minimum Gasteiger partial charge on any atom is -0.493 e. The third-order valence-corrected chi connectivity index (χ3v) is 5.30. The van der Waals surface area contributed by atoms with Crippen LogP contribution >= 0.6 is 11.6 Å². The molecule has 0 saturated carbocycles. The molecule has 1 aliphatic rings. The first-order valence-corrected chi connectivity index (χ1v) is 10.1. The van der Waals surface area contributed by atoms with Gasteiger partial charge in [-0.05, 0) is 17.7 Å². The highest BCUT2D eigenvalue weighted by Gasteiger charge is 2.37. The van der Waals surface area contributed by atoms with Gasteiger partial charge in [-0.3, -0.25) is 14.5 Å². The van der Waals surface area contributed by atoms with Gasteiger partial charge in [0.1, 0.15) is 12.1 Å². The SMILES string of the molecule is COc1cc(Cl)ccc1O[C@H](c1ccccc1)C1CN([C@H](CC(=O)O)C(=O)O)CCO1. The molecule has 166 valence electrons. The van der Waals surface area contributed by atoms with Gasteiger partial charge in [0.15, 0.2) is 17.6 Å². The Morgan fingerprint density at radius 1 is 1.19 bits per heavy atom. The van der Waals surface area contributed by atoms with Crippen molar-refractivity contribution in [3.05, 3.63) is 59.1 Å². The lowest BCUT2D eigenvalue weighted by molar-refractivity contribution is -0.155. The van der Waals surface area contributed by atoms with E-state index in [1.54, 1.807) is 23.1 Å². The highest BCUT2D eigenvalue weighted by atomic mass is 35.5. The summed E-state index contributed by atoms with van der Waals surface area (Å²) in [5.41, 5.74) is 0.830. The summed E-state index contributed by atoms with van der Waals surface area (Å²) in [6.45, 7) is 0.755. The van der Waals surface area contributed by atoms with E-state index in [4.69, 9.17) is 30.9 Å². The zero-order valence-corrected chi connectivity index (χ0v) is 17.7. The molecule has 0 aliphatic carbocycles. The van der Waals surface area contributed by atoms with Crippen LogP contribution in [0.1, 0.15) is 18.1 Å². The molecule has 2 aromatic rings. The largest absolute Gasteiger partial charge is 0.493 e. The van der Waals surface area contributed by atoms with Crippen LogP contribution in [0.25, 0.3) is 0 Å². The number of rotatable bonds is 9. The van der Waals surface area contributed by atoms with Gasteiger partial charge in [-0.2, -0.15) is 0 Å². The maximum Gasteiger partial charge on any atom is 0.321 e. The van der Waals surface area contributed by atoms with Gasteiger partial charge in [-0.1, -0.05) is 41.9 Å². The molecule has 0 aromatic heterocycles. The molecule has 31 heavy (non-hydrogen) atoms. The first-order valence-electron chi connectivity index (χ1n) is 9.74. The highest BCUT2D eigenvalue weighted by Crippen LogP contribution is 2.36. The van der Waals surface area contributed by atoms with Gasteiger partial charge in [0, 0.05) is 24.2 Å². The summed E-state index contributed by atoms with van der Waals surface area (Å²) in [6, 6.07) is 13.3. The van der Waals surface area contributed by atoms with Crippen molar-refractivity contribution < 1.29 is 34.0 Å². The fourth-order valence-corrected chi connectivity index (χ4v) is 3.74. The van der Waals surface area contributed by atoms with E-state index in [9.17, 15) is 14.7 Å². The molecule has 3 rings (SSSR count). The molecule has 0 amide bonds. The quantitative estimate of drug-likeness (QED) is 0.601. The molecular weight excluding hydrogens is 426 g/mol. The number of aliphatic carboxylic acids is 2. The van der Waals surface area contributed by atoms with E-state index in [2.05, 4.69) is 0 Å². The summed E-state index contributed by atoms with van der Waals surface area (Å²) >= 11 is 6.05. The molecule has 9 heteroatoms. The average molecular weight is 450 g/mol. The standard InChI is InChI=1S/C22H24ClNO7/c1-29-18-11-15(23)7-8-17(18)31-21(14-5-3-2-4-6-14)19-13-24(9-10-30-19)16(22(27)28)12-20(25)26/h2-8,11,16,19,21H,9-10,12-13H2,1H3,(H,25,26)(H,27,28)/t16-,19?,21-/m1/s1. The Hall–Kier alpha value is -2.81. The summed E-state index contributed by atoms with van der Waals surface area (Å²) in [5.74, 6) is -1.44. The molecule has 8 nitrogen and oxygen atoms in total. The van der Waals surface area contributed by atoms with Gasteiger partial charge in [-0.25, -0.2) is 0 Å². The second-order valence-electron chi connectivity index (χ2n) is 7.10. The van der Waals surface area contributed by atoms with Crippen molar-refractivity contribution in [3.8, 4) is 11.5 Å². The zero-order valence-electron chi connectivity index (χ0n) is 16.9. The molecule has 2 aromatic carbocycles. The van der Waals surface area contributed by atoms with Crippen LogP contribution in [-0.2, 0) is 14.3 Å². The number of carboxylic acid groups (broad SMARTS) is 2. The average Bonchev–Trinajstić information content (AvgIpc) is 2.77. The summed E-state index contributed by atoms with van der Waals surface area (Å²) in [4.78, 5) is 24.5. The van der Waals surface area contributed by atoms with Gasteiger partial charge in [0.05, 0.1) is 20.1 Å². The lowest BCUT2D eigenvalue weighted by atomic mass is 10.0. The van der Waals surface area contributed by atoms with Crippen LogP contribution in [0.2, 0.25) is 5.02 Å². The van der Waals surface area contributed by atoms with E-state index < -0.39 is 36.6 Å². The zero-order chi connectivity index (χ0) is 22.4. The van der Waals surface area contributed by atoms with Crippen molar-refractivity contribution in [3.63, 3.8) is 0 Å². The molecule has 2 N–H and O–H groups in total. The normalized spacial score (nSPS) is 18.7. The van der Waals surface area contributed by atoms with Crippen LogP contribution in [-0.4, -0.2) is 66.0 Å². The lowest BCUT2D eigenvalue weighted by Crippen LogP contribution is -2.53. The van der Waals surface area contributed by atoms with Gasteiger partial charge < -0.3 is 24.4 Å². The summed E-state index contributed by atoms with van der Waals surface area (Å²) < 4.78 is 17.6. The van der Waals surface area contributed by atoms with E-state index in [1.165, 1.54) is 7.11 Å². The first-order chi connectivity index (χ1) is 14.9. The Kier molecular flexibility index (Phi) is 7.73. The molecule has 0 spiro atoms. The van der Waals surface area contributed by atoms with Gasteiger partial charge >= 0.3 is 11.9 Å². The molecule has 1 fully saturated rings. The van der Waals surface area contributed by atoms with Crippen LogP contribution in [0.5, 0.6) is 11.5 Å². The van der Waals surface area contributed by atoms with E-state index in [-0.39, 0.29) is 13.2 Å². The Morgan fingerprint density at radius 2 is 1.94 bits per heavy atom. The lowest BCUT2D eigenvalue weighted by Gasteiger charge is -2.39. The molecule has 0 radical (unpaired) electrons. The third kappa shape index (κ3) is 5.88. The van der Waals surface area contributed by atoms with E-state index in [0.717, 1.165) is 5.56 Å². The van der Waals surface area contributed by atoms with E-state index in [0.29, 0.717) is 23.1 Å². The fraction of sp³-hybridized carbons (Fsp3) is 0.364. The molecule has 0 bridgehead atoms. The molecule has 3 atom stereocenters. The number of morpholine rings is 1. The Labute approximate surface area is 184 Å². The number of benzene rings is 2. The topological polar surface area (TPSA) is 106 Å². The van der Waals surface area contributed by atoms with Crippen molar-refractivity contribution in [2.24, 2.45) is 0 Å². The molecule has 1 unspecified atom stereocenters. The minimum atomic E-state index is -1.18. The summed E-state index contributed by atoms with van der Waals surface area (Å²) in [7, 11) is 1.51. The number of hydrogen-bond donors (Lipinski definition) is 2. The van der Waals surface area contributed by atoms with Crippen molar-refractivity contribution in [1.82, 2.24) is 4.90 Å². The predicted molar refractivity (Wildman–Crippen MR) is 113 cm³/mol. The van der Waals surface area contributed by atoms with Crippen LogP contribution in [0.4, 0.5) is 0 Å². The van der Waals surface area contributed by atoms with Crippen LogP contribution in [0.3, 0.4) is 0 Å². The van der Waals surface area contributed by atoms with Gasteiger partial charge in [0.25, 0.3) is 0 Å². The smallest absolute Gasteiger partial charge is 0.321 e. The maximum absolute atomic E-state index is 11.7. The number of carboxylic acids is 2. The van der Waals surface area contributed by atoms with Gasteiger partial charge in [-0.15, -0.1) is 0 Å². The Balaban J connectivity index is 1.89. The second kappa shape index (κ2) is 10.5. The highest BCUT2D eigenvalue weighted by molar-refractivity contribution is 6.30. The Morgan fingerprint density at radius 3 is 2.58 bits per heavy atom. The van der Waals surface area contributed by atoms with Crippen LogP contribution < -0.4 is 9.47 Å². The number of carbonyl (C=O) groups is 2.